The van der Waals surface area contributed by atoms with Crippen LogP contribution in [0.2, 0.25) is 0 Å². The molecule has 0 aliphatic rings. The predicted octanol–water partition coefficient (Wildman–Crippen LogP) is 2.47. The van der Waals surface area contributed by atoms with E-state index in [1.165, 1.54) is 0 Å². The monoisotopic (exact) mass is 161 g/mol. The van der Waals surface area contributed by atoms with Crippen LogP contribution >= 0.6 is 0 Å². The summed E-state index contributed by atoms with van der Waals surface area (Å²) >= 11 is 0. The predicted molar refractivity (Wildman–Crippen MR) is 49.8 cm³/mol. The summed E-state index contributed by atoms with van der Waals surface area (Å²) in [6, 6.07) is 3.75. The maximum Gasteiger partial charge on any atom is 0.117 e. The molecule has 0 saturated heterocycles. The van der Waals surface area contributed by atoms with Crippen molar-refractivity contribution in [2.75, 3.05) is 0 Å². The van der Waals surface area contributed by atoms with Gasteiger partial charge in [-0.1, -0.05) is 19.2 Å². The fraction of sp³-hybridized carbons (Fsp3) is 0.100. The molecule has 0 aromatic carbocycles. The maximum absolute atomic E-state index is 9.06. The lowest BCUT2D eigenvalue weighted by Gasteiger charge is -2.05. The molecule has 1 aromatic rings. The molecule has 0 aliphatic heterocycles. The molecule has 0 radical (unpaired) electrons. The summed E-state index contributed by atoms with van der Waals surface area (Å²) in [4.78, 5) is 4.08. The van der Waals surface area contributed by atoms with E-state index in [9.17, 15) is 0 Å². The van der Waals surface area contributed by atoms with E-state index in [1.54, 1.807) is 6.20 Å². The standard InChI is InChI=1S/C10H11NO/c1-7-5-4-6-11-10(7)8(2)9(3)12/h4-6,12H,2-3H2,1H3. The van der Waals surface area contributed by atoms with E-state index in [-0.39, 0.29) is 5.76 Å². The maximum atomic E-state index is 9.06. The summed E-state index contributed by atoms with van der Waals surface area (Å²) < 4.78 is 0. The van der Waals surface area contributed by atoms with Crippen LogP contribution in [0.5, 0.6) is 0 Å². The van der Waals surface area contributed by atoms with Gasteiger partial charge in [-0.15, -0.1) is 0 Å². The van der Waals surface area contributed by atoms with Gasteiger partial charge in [0, 0.05) is 11.8 Å². The third-order valence-electron chi connectivity index (χ3n) is 1.64. The van der Waals surface area contributed by atoms with Crippen LogP contribution in [0, 0.1) is 6.92 Å². The van der Waals surface area contributed by atoms with Crippen LogP contribution in [0.25, 0.3) is 5.57 Å². The van der Waals surface area contributed by atoms with Crippen LogP contribution in [-0.2, 0) is 0 Å². The molecule has 1 rings (SSSR count). The molecule has 0 unspecified atom stereocenters. The third kappa shape index (κ3) is 1.53. The molecule has 0 amide bonds. The van der Waals surface area contributed by atoms with Gasteiger partial charge in [-0.2, -0.15) is 0 Å². The number of pyridine rings is 1. The lowest BCUT2D eigenvalue weighted by atomic mass is 10.1. The van der Waals surface area contributed by atoms with Gasteiger partial charge < -0.3 is 5.11 Å². The Labute approximate surface area is 71.9 Å². The van der Waals surface area contributed by atoms with E-state index in [0.717, 1.165) is 5.56 Å². The summed E-state index contributed by atoms with van der Waals surface area (Å²) in [6.45, 7) is 8.97. The van der Waals surface area contributed by atoms with Crippen molar-refractivity contribution in [3.63, 3.8) is 0 Å². The molecule has 2 nitrogen and oxygen atoms in total. The fourth-order valence-electron chi connectivity index (χ4n) is 0.938. The molecule has 0 bridgehead atoms. The molecule has 0 saturated carbocycles. The van der Waals surface area contributed by atoms with E-state index in [2.05, 4.69) is 18.1 Å². The summed E-state index contributed by atoms with van der Waals surface area (Å²) in [5.41, 5.74) is 2.16. The first-order valence-electron chi connectivity index (χ1n) is 3.62. The van der Waals surface area contributed by atoms with Gasteiger partial charge in [0.1, 0.15) is 5.76 Å². The first-order valence-corrected chi connectivity index (χ1v) is 3.62. The zero-order valence-electron chi connectivity index (χ0n) is 7.04. The molecular weight excluding hydrogens is 150 g/mol. The van der Waals surface area contributed by atoms with E-state index in [4.69, 9.17) is 5.11 Å². The topological polar surface area (TPSA) is 33.1 Å². The molecule has 62 valence electrons. The highest BCUT2D eigenvalue weighted by molar-refractivity contribution is 5.73. The lowest BCUT2D eigenvalue weighted by molar-refractivity contribution is 0.440. The Morgan fingerprint density at radius 3 is 2.67 bits per heavy atom. The quantitative estimate of drug-likeness (QED) is 0.534. The lowest BCUT2D eigenvalue weighted by Crippen LogP contribution is -1.93. The average molecular weight is 161 g/mol. The van der Waals surface area contributed by atoms with E-state index >= 15 is 0 Å². The minimum Gasteiger partial charge on any atom is -0.508 e. The van der Waals surface area contributed by atoms with Gasteiger partial charge >= 0.3 is 0 Å². The molecule has 1 aromatic heterocycles. The Balaban J connectivity index is 3.11. The number of aromatic nitrogens is 1. The molecule has 0 aliphatic carbocycles. The van der Waals surface area contributed by atoms with Crippen molar-refractivity contribution in [1.29, 1.82) is 0 Å². The van der Waals surface area contributed by atoms with Gasteiger partial charge in [0.2, 0.25) is 0 Å². The second-order valence-corrected chi connectivity index (χ2v) is 2.59. The van der Waals surface area contributed by atoms with E-state index in [1.807, 2.05) is 19.1 Å². The molecule has 0 fully saturated rings. The average Bonchev–Trinajstić information content (AvgIpc) is 2.04. The highest BCUT2D eigenvalue weighted by Crippen LogP contribution is 2.18. The zero-order chi connectivity index (χ0) is 9.14. The van der Waals surface area contributed by atoms with Crippen LogP contribution < -0.4 is 0 Å². The van der Waals surface area contributed by atoms with Crippen molar-refractivity contribution in [3.05, 3.63) is 48.5 Å². The van der Waals surface area contributed by atoms with Gasteiger partial charge in [0.15, 0.2) is 0 Å². The number of aryl methyl sites for hydroxylation is 1. The first kappa shape index (κ1) is 8.53. The van der Waals surface area contributed by atoms with Crippen LogP contribution in [0.1, 0.15) is 11.3 Å². The third-order valence-corrected chi connectivity index (χ3v) is 1.64. The van der Waals surface area contributed by atoms with Crippen LogP contribution in [0.3, 0.4) is 0 Å². The number of hydrogen-bond acceptors (Lipinski definition) is 2. The molecule has 2 heteroatoms. The highest BCUT2D eigenvalue weighted by atomic mass is 16.3. The molecular formula is C10H11NO. The van der Waals surface area contributed by atoms with Crippen molar-refractivity contribution >= 4 is 5.57 Å². The second-order valence-electron chi connectivity index (χ2n) is 2.59. The minimum absolute atomic E-state index is 0.0307. The van der Waals surface area contributed by atoms with Gasteiger partial charge in [0.05, 0.1) is 5.69 Å². The summed E-state index contributed by atoms with van der Waals surface area (Å²) in [5.74, 6) is -0.0307. The van der Waals surface area contributed by atoms with Gasteiger partial charge in [0.25, 0.3) is 0 Å². The van der Waals surface area contributed by atoms with Crippen molar-refractivity contribution in [3.8, 4) is 0 Å². The summed E-state index contributed by atoms with van der Waals surface area (Å²) in [7, 11) is 0. The Hall–Kier alpha value is -1.57. The highest BCUT2D eigenvalue weighted by Gasteiger charge is 2.05. The van der Waals surface area contributed by atoms with Crippen LogP contribution in [0.4, 0.5) is 0 Å². The molecule has 0 spiro atoms. The number of hydrogen-bond donors (Lipinski definition) is 1. The Kier molecular flexibility index (Phi) is 2.29. The smallest absolute Gasteiger partial charge is 0.117 e. The Bertz CT molecular complexity index is 328. The molecule has 1 heterocycles. The zero-order valence-corrected chi connectivity index (χ0v) is 7.04. The summed E-state index contributed by atoms with van der Waals surface area (Å²) in [6.07, 6.45) is 1.66. The van der Waals surface area contributed by atoms with Gasteiger partial charge in [-0.05, 0) is 18.6 Å². The van der Waals surface area contributed by atoms with E-state index < -0.39 is 0 Å². The second kappa shape index (κ2) is 3.22. The van der Waals surface area contributed by atoms with Crippen LogP contribution in [-0.4, -0.2) is 10.1 Å². The molecule has 0 atom stereocenters. The van der Waals surface area contributed by atoms with Gasteiger partial charge in [-0.25, -0.2) is 0 Å². The fourth-order valence-corrected chi connectivity index (χ4v) is 0.938. The van der Waals surface area contributed by atoms with Crippen molar-refractivity contribution in [2.45, 2.75) is 6.92 Å². The SMILES string of the molecule is C=C(O)C(=C)c1ncccc1C. The Morgan fingerprint density at radius 2 is 2.17 bits per heavy atom. The normalized spacial score (nSPS) is 9.42. The van der Waals surface area contributed by atoms with Gasteiger partial charge in [-0.3, -0.25) is 4.98 Å². The number of aliphatic hydroxyl groups excluding tert-OH is 1. The number of aliphatic hydroxyl groups is 1. The van der Waals surface area contributed by atoms with Crippen LogP contribution in [0.15, 0.2) is 37.2 Å². The molecule has 1 N–H and O–H groups in total. The minimum atomic E-state index is -0.0307. The number of rotatable bonds is 2. The van der Waals surface area contributed by atoms with Crippen molar-refractivity contribution in [2.24, 2.45) is 0 Å². The van der Waals surface area contributed by atoms with E-state index in [0.29, 0.717) is 11.3 Å². The largest absolute Gasteiger partial charge is 0.508 e. The first-order chi connectivity index (χ1) is 5.63. The number of allylic oxidation sites excluding steroid dienone is 1. The summed E-state index contributed by atoms with van der Waals surface area (Å²) in [5, 5.41) is 9.06. The molecule has 12 heavy (non-hydrogen) atoms. The Morgan fingerprint density at radius 1 is 1.50 bits per heavy atom. The number of nitrogens with zero attached hydrogens (tertiary/aromatic N) is 1. The van der Waals surface area contributed by atoms with Crippen molar-refractivity contribution in [1.82, 2.24) is 4.98 Å². The van der Waals surface area contributed by atoms with Crippen molar-refractivity contribution < 1.29 is 5.11 Å².